The minimum absolute atomic E-state index is 0.0209. The monoisotopic (exact) mass is 359 g/mol. The van der Waals surface area contributed by atoms with Crippen molar-refractivity contribution in [3.05, 3.63) is 58.6 Å². The lowest BCUT2D eigenvalue weighted by molar-refractivity contribution is 0.236. The first kappa shape index (κ1) is 17.1. The molecule has 0 spiro atoms. The summed E-state index contributed by atoms with van der Waals surface area (Å²) in [5.41, 5.74) is -1.10. The molecule has 0 amide bonds. The molecule has 2 N–H and O–H groups in total. The normalized spacial score (nSPS) is 13.0. The van der Waals surface area contributed by atoms with Gasteiger partial charge in [0.05, 0.1) is 5.02 Å². The van der Waals surface area contributed by atoms with Crippen molar-refractivity contribution in [1.29, 1.82) is 0 Å². The van der Waals surface area contributed by atoms with Gasteiger partial charge in [-0.3, -0.25) is 0 Å². The number of benzene rings is 2. The average Bonchev–Trinajstić information content (AvgIpc) is 2.47. The van der Waals surface area contributed by atoms with E-state index in [0.29, 0.717) is 5.75 Å². The largest absolute Gasteiger partial charge is 0.746 e. The summed E-state index contributed by atoms with van der Waals surface area (Å²) in [6.07, 6.45) is 0. The minimum atomic E-state index is -4.77. The summed E-state index contributed by atoms with van der Waals surface area (Å²) in [5, 5.41) is 19.0. The predicted molar refractivity (Wildman–Crippen MR) is 83.8 cm³/mol. The van der Waals surface area contributed by atoms with Gasteiger partial charge in [-0.15, -0.1) is 11.8 Å². The van der Waals surface area contributed by atoms with E-state index in [2.05, 4.69) is 0 Å². The number of halogens is 1. The van der Waals surface area contributed by atoms with Crippen LogP contribution in [0.1, 0.15) is 16.6 Å². The summed E-state index contributed by atoms with van der Waals surface area (Å²) in [6, 6.07) is 10.9. The molecule has 0 aliphatic carbocycles. The summed E-state index contributed by atoms with van der Waals surface area (Å²) >= 11 is 7.29. The molecule has 0 heterocycles. The van der Waals surface area contributed by atoms with E-state index in [1.165, 1.54) is 30.0 Å². The molecule has 0 saturated carbocycles. The number of thioether (sulfide) groups is 1. The summed E-state index contributed by atoms with van der Waals surface area (Å²) in [4.78, 5) is 0.837. The van der Waals surface area contributed by atoms with E-state index in [9.17, 15) is 23.2 Å². The van der Waals surface area contributed by atoms with Gasteiger partial charge in [-0.1, -0.05) is 29.8 Å². The Bertz CT molecular complexity index is 759. The van der Waals surface area contributed by atoms with Gasteiger partial charge in [-0.25, -0.2) is 8.42 Å². The standard InChI is InChI=1S/C14H13ClO5S2/c15-12-7-9(1-6-13(12)16)8-21-11-4-2-10(3-5-11)14(17)22(18,19)20/h1-7,14,16-17H,8H2,(H,18,19,20)/p-1. The van der Waals surface area contributed by atoms with Gasteiger partial charge in [0.2, 0.25) is 0 Å². The fraction of sp³-hybridized carbons (Fsp3) is 0.143. The number of hydrogen-bond donors (Lipinski definition) is 2. The Hall–Kier alpha value is -1.25. The van der Waals surface area contributed by atoms with E-state index in [1.807, 2.05) is 0 Å². The highest BCUT2D eigenvalue weighted by Gasteiger charge is 2.14. The molecule has 1 unspecified atom stereocenters. The smallest absolute Gasteiger partial charge is 0.168 e. The number of hydrogen-bond acceptors (Lipinski definition) is 6. The van der Waals surface area contributed by atoms with Gasteiger partial charge in [0.1, 0.15) is 15.9 Å². The van der Waals surface area contributed by atoms with Crippen LogP contribution in [-0.2, 0) is 15.9 Å². The number of rotatable bonds is 5. The van der Waals surface area contributed by atoms with E-state index in [4.69, 9.17) is 11.6 Å². The van der Waals surface area contributed by atoms with E-state index >= 15 is 0 Å². The maximum absolute atomic E-state index is 10.7. The SMILES string of the molecule is O=S(=O)([O-])C(O)c1ccc(SCc2ccc(O)c(Cl)c2)cc1. The third-order valence-electron chi connectivity index (χ3n) is 2.86. The van der Waals surface area contributed by atoms with Crippen LogP contribution in [0.2, 0.25) is 5.02 Å². The van der Waals surface area contributed by atoms with Crippen LogP contribution >= 0.6 is 23.4 Å². The van der Waals surface area contributed by atoms with Crippen molar-refractivity contribution in [2.75, 3.05) is 0 Å². The molecule has 8 heteroatoms. The summed E-state index contributed by atoms with van der Waals surface area (Å²) < 4.78 is 32.2. The topological polar surface area (TPSA) is 97.7 Å². The fourth-order valence-corrected chi connectivity index (χ4v) is 3.24. The van der Waals surface area contributed by atoms with Crippen LogP contribution in [-0.4, -0.2) is 23.2 Å². The molecule has 5 nitrogen and oxygen atoms in total. The number of aliphatic hydroxyl groups excluding tert-OH is 1. The summed E-state index contributed by atoms with van der Waals surface area (Å²) in [7, 11) is -4.77. The highest BCUT2D eigenvalue weighted by molar-refractivity contribution is 7.98. The zero-order valence-corrected chi connectivity index (χ0v) is 13.5. The van der Waals surface area contributed by atoms with Crippen LogP contribution in [0.4, 0.5) is 0 Å². The van der Waals surface area contributed by atoms with Crippen molar-refractivity contribution in [2.45, 2.75) is 16.1 Å². The van der Waals surface area contributed by atoms with Gasteiger partial charge >= 0.3 is 0 Å². The number of phenols is 1. The molecule has 0 radical (unpaired) electrons. The highest BCUT2D eigenvalue weighted by atomic mass is 35.5. The molecule has 0 aliphatic rings. The Morgan fingerprint density at radius 2 is 1.82 bits per heavy atom. The zero-order chi connectivity index (χ0) is 16.3. The average molecular weight is 360 g/mol. The molecule has 118 valence electrons. The third kappa shape index (κ3) is 4.37. The lowest BCUT2D eigenvalue weighted by Crippen LogP contribution is -2.11. The molecule has 2 rings (SSSR count). The van der Waals surface area contributed by atoms with E-state index in [1.54, 1.807) is 24.3 Å². The first-order valence-corrected chi connectivity index (χ1v) is 8.94. The van der Waals surface area contributed by atoms with E-state index in [-0.39, 0.29) is 16.3 Å². The van der Waals surface area contributed by atoms with Gasteiger partial charge < -0.3 is 14.8 Å². The van der Waals surface area contributed by atoms with Crippen LogP contribution in [0.3, 0.4) is 0 Å². The van der Waals surface area contributed by atoms with Gasteiger partial charge in [0.25, 0.3) is 0 Å². The molecule has 0 saturated heterocycles. The first-order chi connectivity index (χ1) is 10.3. The molecular weight excluding hydrogens is 348 g/mol. The molecule has 0 aromatic heterocycles. The highest BCUT2D eigenvalue weighted by Crippen LogP contribution is 2.29. The van der Waals surface area contributed by atoms with Crippen LogP contribution in [0.25, 0.3) is 0 Å². The van der Waals surface area contributed by atoms with Gasteiger partial charge in [-0.05, 0) is 35.4 Å². The van der Waals surface area contributed by atoms with Crippen LogP contribution in [0.5, 0.6) is 5.75 Å². The van der Waals surface area contributed by atoms with E-state index in [0.717, 1.165) is 10.5 Å². The molecule has 0 fully saturated rings. The molecule has 2 aromatic carbocycles. The molecular formula is C14H12ClO5S2-. The Labute approximate surface area is 137 Å². The maximum Gasteiger partial charge on any atom is 0.168 e. The molecule has 1 atom stereocenters. The number of aliphatic hydroxyl groups is 1. The lowest BCUT2D eigenvalue weighted by atomic mass is 10.2. The minimum Gasteiger partial charge on any atom is -0.746 e. The second kappa shape index (κ2) is 6.89. The van der Waals surface area contributed by atoms with Crippen molar-refractivity contribution in [3.63, 3.8) is 0 Å². The summed E-state index contributed by atoms with van der Waals surface area (Å²) in [6.45, 7) is 0. The van der Waals surface area contributed by atoms with Crippen LogP contribution in [0.15, 0.2) is 47.4 Å². The Balaban J connectivity index is 2.04. The Kier molecular flexibility index (Phi) is 5.36. The first-order valence-electron chi connectivity index (χ1n) is 6.10. The number of aromatic hydroxyl groups is 1. The quantitative estimate of drug-likeness (QED) is 0.629. The predicted octanol–water partition coefficient (Wildman–Crippen LogP) is 2.87. The molecule has 2 aromatic rings. The Morgan fingerprint density at radius 1 is 1.18 bits per heavy atom. The Morgan fingerprint density at radius 3 is 2.36 bits per heavy atom. The maximum atomic E-state index is 10.7. The van der Waals surface area contributed by atoms with Gasteiger partial charge in [0.15, 0.2) is 5.44 Å². The van der Waals surface area contributed by atoms with Crippen LogP contribution in [0, 0.1) is 0 Å². The van der Waals surface area contributed by atoms with Gasteiger partial charge in [-0.2, -0.15) is 0 Å². The number of phenolic OH excluding ortho intramolecular Hbond substituents is 1. The molecule has 0 aliphatic heterocycles. The van der Waals surface area contributed by atoms with Crippen molar-refractivity contribution in [3.8, 4) is 5.75 Å². The molecule has 22 heavy (non-hydrogen) atoms. The van der Waals surface area contributed by atoms with Crippen molar-refractivity contribution in [2.24, 2.45) is 0 Å². The van der Waals surface area contributed by atoms with Crippen LogP contribution < -0.4 is 0 Å². The second-order valence-corrected chi connectivity index (χ2v) is 7.38. The third-order valence-corrected chi connectivity index (χ3v) is 5.06. The van der Waals surface area contributed by atoms with Crippen molar-refractivity contribution in [1.82, 2.24) is 0 Å². The fourth-order valence-electron chi connectivity index (χ4n) is 1.70. The zero-order valence-electron chi connectivity index (χ0n) is 11.1. The second-order valence-electron chi connectivity index (χ2n) is 4.49. The van der Waals surface area contributed by atoms with Gasteiger partial charge in [0, 0.05) is 10.6 Å². The van der Waals surface area contributed by atoms with E-state index < -0.39 is 15.6 Å². The van der Waals surface area contributed by atoms with Crippen molar-refractivity contribution >= 4 is 33.5 Å². The lowest BCUT2D eigenvalue weighted by Gasteiger charge is -2.15. The summed E-state index contributed by atoms with van der Waals surface area (Å²) in [5.74, 6) is 0.620. The van der Waals surface area contributed by atoms with Crippen molar-refractivity contribution < 1.29 is 23.2 Å². The molecule has 0 bridgehead atoms.